The van der Waals surface area contributed by atoms with Crippen LogP contribution in [0.2, 0.25) is 0 Å². The molecule has 32 heavy (non-hydrogen) atoms. The van der Waals surface area contributed by atoms with E-state index < -0.39 is 27.9 Å². The number of carbonyl (C=O) groups is 2. The molecule has 0 aliphatic rings. The molecule has 2 N–H and O–H groups in total. The molecule has 1 atom stereocenters. The van der Waals surface area contributed by atoms with Crippen LogP contribution in [0.15, 0.2) is 53.4 Å². The summed E-state index contributed by atoms with van der Waals surface area (Å²) in [5.41, 5.74) is 0.524. The van der Waals surface area contributed by atoms with Crippen LogP contribution in [0.5, 0.6) is 11.5 Å². The number of hydrogen-bond acceptors (Lipinski definition) is 6. The van der Waals surface area contributed by atoms with Gasteiger partial charge in [0.1, 0.15) is 17.5 Å². The van der Waals surface area contributed by atoms with Crippen LogP contribution in [0.4, 0.5) is 5.69 Å². The van der Waals surface area contributed by atoms with Crippen LogP contribution >= 0.6 is 0 Å². The summed E-state index contributed by atoms with van der Waals surface area (Å²) >= 11 is 0. The van der Waals surface area contributed by atoms with Crippen molar-refractivity contribution in [2.45, 2.75) is 24.8 Å². The molecule has 0 bridgehead atoms. The number of nitrogens with one attached hydrogen (secondary N) is 2. The summed E-state index contributed by atoms with van der Waals surface area (Å²) in [6.45, 7) is 3.20. The second kappa shape index (κ2) is 11.0. The molecule has 0 saturated carbocycles. The quantitative estimate of drug-likeness (QED) is 0.558. The van der Waals surface area contributed by atoms with E-state index >= 15 is 0 Å². The van der Waals surface area contributed by atoms with E-state index in [1.54, 1.807) is 38.1 Å². The molecular formula is C22H29N3O6S. The summed E-state index contributed by atoms with van der Waals surface area (Å²) in [4.78, 5) is 26.6. The van der Waals surface area contributed by atoms with Gasteiger partial charge < -0.3 is 19.7 Å². The number of carbonyl (C=O) groups excluding carboxylic acids is 2. The first-order chi connectivity index (χ1) is 15.1. The van der Waals surface area contributed by atoms with Crippen LogP contribution in [0.25, 0.3) is 0 Å². The minimum Gasteiger partial charge on any atom is -0.497 e. The minimum absolute atomic E-state index is 0.00942. The fourth-order valence-electron chi connectivity index (χ4n) is 2.89. The number of methoxy groups -OCH3 is 2. The predicted octanol–water partition coefficient (Wildman–Crippen LogP) is 2.10. The molecular weight excluding hydrogens is 434 g/mol. The highest BCUT2D eigenvalue weighted by atomic mass is 32.2. The standard InChI is InChI=1S/C22H29N3O6S/c1-15(2)21(24-32(28,29)19-11-9-17(30-4)10-12-19)22(27)25(3)14-20(26)23-16-7-6-8-18(13-16)31-5/h6-13,15,21,24H,14H2,1-5H3,(H,23,26)/t21-/m0/s1. The highest BCUT2D eigenvalue weighted by Crippen LogP contribution is 2.18. The van der Waals surface area contributed by atoms with Crippen molar-refractivity contribution < 1.29 is 27.5 Å². The number of ether oxygens (including phenoxy) is 2. The summed E-state index contributed by atoms with van der Waals surface area (Å²) in [5.74, 6) is -0.186. The van der Waals surface area contributed by atoms with Crippen molar-refractivity contribution in [1.82, 2.24) is 9.62 Å². The minimum atomic E-state index is -3.96. The average molecular weight is 464 g/mol. The van der Waals surface area contributed by atoms with Gasteiger partial charge in [-0.05, 0) is 42.3 Å². The molecule has 9 nitrogen and oxygen atoms in total. The van der Waals surface area contributed by atoms with E-state index in [1.165, 1.54) is 50.4 Å². The predicted molar refractivity (Wildman–Crippen MR) is 121 cm³/mol. The summed E-state index contributed by atoms with van der Waals surface area (Å²) in [5, 5.41) is 2.69. The molecule has 2 amide bonds. The lowest BCUT2D eigenvalue weighted by Crippen LogP contribution is -2.51. The maximum absolute atomic E-state index is 13.0. The first-order valence-corrected chi connectivity index (χ1v) is 11.4. The fraction of sp³-hybridized carbons (Fsp3) is 0.364. The van der Waals surface area contributed by atoms with Crippen molar-refractivity contribution in [1.29, 1.82) is 0 Å². The second-order valence-corrected chi connectivity index (χ2v) is 9.21. The van der Waals surface area contributed by atoms with Crippen LogP contribution in [-0.2, 0) is 19.6 Å². The van der Waals surface area contributed by atoms with Gasteiger partial charge >= 0.3 is 0 Å². The van der Waals surface area contributed by atoms with Crippen molar-refractivity contribution >= 4 is 27.5 Å². The van der Waals surface area contributed by atoms with Gasteiger partial charge in [0, 0.05) is 18.8 Å². The van der Waals surface area contributed by atoms with Gasteiger partial charge in [-0.1, -0.05) is 19.9 Å². The zero-order valence-electron chi connectivity index (χ0n) is 18.8. The van der Waals surface area contributed by atoms with Crippen LogP contribution in [0.3, 0.4) is 0 Å². The lowest BCUT2D eigenvalue weighted by Gasteiger charge is -2.26. The lowest BCUT2D eigenvalue weighted by molar-refractivity contribution is -0.135. The number of hydrogen-bond donors (Lipinski definition) is 2. The molecule has 0 spiro atoms. The van der Waals surface area contributed by atoms with Crippen LogP contribution in [0, 0.1) is 5.92 Å². The summed E-state index contributed by atoms with van der Waals surface area (Å²) < 4.78 is 38.2. The Morgan fingerprint density at radius 2 is 1.62 bits per heavy atom. The molecule has 0 aromatic heterocycles. The topological polar surface area (TPSA) is 114 Å². The van der Waals surface area contributed by atoms with Gasteiger partial charge in [-0.25, -0.2) is 8.42 Å². The molecule has 0 fully saturated rings. The molecule has 0 heterocycles. The van der Waals surface area contributed by atoms with E-state index in [9.17, 15) is 18.0 Å². The molecule has 174 valence electrons. The summed E-state index contributed by atoms with van der Waals surface area (Å²) in [6, 6.07) is 11.6. The molecule has 0 aliphatic carbocycles. The van der Waals surface area contributed by atoms with E-state index in [-0.39, 0.29) is 17.4 Å². The van der Waals surface area contributed by atoms with Crippen molar-refractivity contribution in [3.8, 4) is 11.5 Å². The zero-order chi connectivity index (χ0) is 23.9. The zero-order valence-corrected chi connectivity index (χ0v) is 19.6. The Hall–Kier alpha value is -3.11. The third-order valence-electron chi connectivity index (χ3n) is 4.70. The summed E-state index contributed by atoms with van der Waals surface area (Å²) in [6.07, 6.45) is 0. The van der Waals surface area contributed by atoms with Crippen LogP contribution < -0.4 is 19.5 Å². The van der Waals surface area contributed by atoms with Crippen LogP contribution in [-0.4, -0.2) is 59.0 Å². The Kier molecular flexibility index (Phi) is 8.62. The van der Waals surface area contributed by atoms with Crippen LogP contribution in [0.1, 0.15) is 13.8 Å². The molecule has 0 aliphatic heterocycles. The number of amides is 2. The molecule has 2 aromatic carbocycles. The monoisotopic (exact) mass is 463 g/mol. The first-order valence-electron chi connectivity index (χ1n) is 9.92. The number of likely N-dealkylation sites (N-methyl/N-ethyl adjacent to an activating group) is 1. The molecule has 0 radical (unpaired) electrons. The van der Waals surface area contributed by atoms with Gasteiger partial charge in [0.15, 0.2) is 0 Å². The molecule has 0 saturated heterocycles. The number of benzene rings is 2. The van der Waals surface area contributed by atoms with Crippen molar-refractivity contribution in [3.05, 3.63) is 48.5 Å². The Morgan fingerprint density at radius 1 is 1.00 bits per heavy atom. The van der Waals surface area contributed by atoms with E-state index in [0.717, 1.165) is 0 Å². The van der Waals surface area contributed by atoms with Gasteiger partial charge in [0.05, 0.1) is 25.7 Å². The Labute approximate surface area is 188 Å². The van der Waals surface area contributed by atoms with E-state index in [1.807, 2.05) is 0 Å². The van der Waals surface area contributed by atoms with Gasteiger partial charge in [0.2, 0.25) is 21.8 Å². The van der Waals surface area contributed by atoms with Crippen molar-refractivity contribution in [2.75, 3.05) is 33.1 Å². The molecule has 2 rings (SSSR count). The van der Waals surface area contributed by atoms with Gasteiger partial charge in [-0.2, -0.15) is 4.72 Å². The third kappa shape index (κ3) is 6.69. The normalized spacial score (nSPS) is 12.2. The Morgan fingerprint density at radius 3 is 2.19 bits per heavy atom. The smallest absolute Gasteiger partial charge is 0.243 e. The third-order valence-corrected chi connectivity index (χ3v) is 6.15. The first kappa shape index (κ1) is 25.2. The number of sulfonamides is 1. The maximum Gasteiger partial charge on any atom is 0.243 e. The highest BCUT2D eigenvalue weighted by Gasteiger charge is 2.31. The van der Waals surface area contributed by atoms with Gasteiger partial charge in [-0.15, -0.1) is 0 Å². The molecule has 10 heteroatoms. The number of nitrogens with zero attached hydrogens (tertiary/aromatic N) is 1. The lowest BCUT2D eigenvalue weighted by atomic mass is 10.0. The SMILES string of the molecule is COc1ccc(S(=O)(=O)N[C@H](C(=O)N(C)CC(=O)Nc2cccc(OC)c2)C(C)C)cc1. The van der Waals surface area contributed by atoms with Gasteiger partial charge in [-0.3, -0.25) is 9.59 Å². The molecule has 0 unspecified atom stereocenters. The largest absolute Gasteiger partial charge is 0.497 e. The van der Waals surface area contributed by atoms with Crippen molar-refractivity contribution in [3.63, 3.8) is 0 Å². The van der Waals surface area contributed by atoms with E-state index in [4.69, 9.17) is 9.47 Å². The summed E-state index contributed by atoms with van der Waals surface area (Å²) in [7, 11) is 0.491. The Bertz CT molecular complexity index is 1040. The van der Waals surface area contributed by atoms with E-state index in [0.29, 0.717) is 17.2 Å². The maximum atomic E-state index is 13.0. The average Bonchev–Trinajstić information content (AvgIpc) is 2.76. The highest BCUT2D eigenvalue weighted by molar-refractivity contribution is 7.89. The fourth-order valence-corrected chi connectivity index (χ4v) is 4.23. The number of rotatable bonds is 10. The Balaban J connectivity index is 2.08. The number of anilines is 1. The van der Waals surface area contributed by atoms with Gasteiger partial charge in [0.25, 0.3) is 0 Å². The van der Waals surface area contributed by atoms with E-state index in [2.05, 4.69) is 10.0 Å². The second-order valence-electron chi connectivity index (χ2n) is 7.49. The molecule has 2 aromatic rings. The van der Waals surface area contributed by atoms with Crippen molar-refractivity contribution in [2.24, 2.45) is 5.92 Å².